The molecule has 2 aromatic heterocycles. The molecule has 4 rings (SSSR count). The molecule has 0 radical (unpaired) electrons. The van der Waals surface area contributed by atoms with Crippen LogP contribution in [-0.2, 0) is 0 Å². The number of furan rings is 1. The van der Waals surface area contributed by atoms with Crippen LogP contribution in [-0.4, -0.2) is 41.1 Å². The molecule has 4 heterocycles. The Hall–Kier alpha value is -2.08. The highest BCUT2D eigenvalue weighted by Crippen LogP contribution is 2.32. The van der Waals surface area contributed by atoms with Gasteiger partial charge < -0.3 is 20.0 Å². The van der Waals surface area contributed by atoms with Gasteiger partial charge in [0.25, 0.3) is 5.91 Å². The lowest BCUT2D eigenvalue weighted by molar-refractivity contribution is 0.0926. The molecule has 2 bridgehead atoms. The number of anilines is 1. The Bertz CT molecular complexity index is 805. The van der Waals surface area contributed by atoms with Gasteiger partial charge >= 0.3 is 0 Å². The third-order valence-electron chi connectivity index (χ3n) is 5.68. The van der Waals surface area contributed by atoms with E-state index in [4.69, 9.17) is 4.42 Å². The van der Waals surface area contributed by atoms with Crippen molar-refractivity contribution in [1.82, 2.24) is 15.6 Å². The molecule has 0 aromatic carbocycles. The van der Waals surface area contributed by atoms with E-state index < -0.39 is 0 Å². The molecule has 2 aliphatic rings. The number of hydrogen-bond donors (Lipinski definition) is 2. The van der Waals surface area contributed by atoms with Crippen LogP contribution < -0.4 is 15.5 Å². The number of nitrogens with zero attached hydrogens (tertiary/aromatic N) is 2. The van der Waals surface area contributed by atoms with Gasteiger partial charge in [0.1, 0.15) is 12.0 Å². The summed E-state index contributed by atoms with van der Waals surface area (Å²) in [4.78, 5) is 19.4. The number of hydrogen-bond acceptors (Lipinski definition) is 5. The van der Waals surface area contributed by atoms with E-state index in [0.717, 1.165) is 23.9 Å². The largest absolute Gasteiger partial charge is 0.460 e. The Balaban J connectivity index is 1.60. The van der Waals surface area contributed by atoms with E-state index in [1.807, 2.05) is 6.07 Å². The number of rotatable bonds is 5. The van der Waals surface area contributed by atoms with Gasteiger partial charge in [0.15, 0.2) is 5.58 Å². The molecule has 6 nitrogen and oxygen atoms in total. The first-order chi connectivity index (χ1) is 12.4. The zero-order valence-corrected chi connectivity index (χ0v) is 16.0. The van der Waals surface area contributed by atoms with Gasteiger partial charge in [-0.25, -0.2) is 4.98 Å². The Morgan fingerprint density at radius 1 is 1.31 bits per heavy atom. The summed E-state index contributed by atoms with van der Waals surface area (Å²) >= 11 is 0. The second-order valence-corrected chi connectivity index (χ2v) is 8.14. The minimum absolute atomic E-state index is 0.0981. The molecule has 0 saturated carbocycles. The average molecular weight is 356 g/mol. The number of carbonyl (C=O) groups excluding carboxylic acids is 1. The lowest BCUT2D eigenvalue weighted by atomic mass is 9.95. The number of fused-ring (bicyclic) bond motifs is 3. The SMILES string of the molecule is CC(C)N(c1coc2cnc(C(=O)N[C@@H]3C[C@H]4CC[C@@H]3N4)cc12)C(C)C. The van der Waals surface area contributed by atoms with Crippen LogP contribution in [0.3, 0.4) is 0 Å². The van der Waals surface area contributed by atoms with Gasteiger partial charge in [-0.05, 0) is 53.0 Å². The molecule has 0 aliphatic carbocycles. The lowest BCUT2D eigenvalue weighted by Gasteiger charge is -2.32. The second kappa shape index (κ2) is 6.58. The maximum Gasteiger partial charge on any atom is 0.270 e. The van der Waals surface area contributed by atoms with Crippen LogP contribution in [0.2, 0.25) is 0 Å². The minimum atomic E-state index is -0.0981. The molecular formula is C20H28N4O2. The Kier molecular flexibility index (Phi) is 4.39. The molecule has 2 fully saturated rings. The van der Waals surface area contributed by atoms with E-state index in [2.05, 4.69) is 48.2 Å². The summed E-state index contributed by atoms with van der Waals surface area (Å²) in [7, 11) is 0. The van der Waals surface area contributed by atoms with Crippen LogP contribution in [0.15, 0.2) is 22.9 Å². The first kappa shape index (κ1) is 17.3. The first-order valence-electron chi connectivity index (χ1n) is 9.66. The van der Waals surface area contributed by atoms with Gasteiger partial charge in [-0.1, -0.05) is 0 Å². The Labute approximate surface area is 154 Å². The van der Waals surface area contributed by atoms with Crippen LogP contribution in [0.25, 0.3) is 11.0 Å². The molecule has 1 amide bonds. The number of pyridine rings is 1. The number of nitrogens with one attached hydrogen (secondary N) is 2. The lowest BCUT2D eigenvalue weighted by Crippen LogP contribution is -2.43. The van der Waals surface area contributed by atoms with Crippen molar-refractivity contribution in [3.05, 3.63) is 24.2 Å². The highest BCUT2D eigenvalue weighted by atomic mass is 16.3. The molecule has 3 atom stereocenters. The molecular weight excluding hydrogens is 328 g/mol. The summed E-state index contributed by atoms with van der Waals surface area (Å²) in [6, 6.07) is 3.72. The minimum Gasteiger partial charge on any atom is -0.460 e. The van der Waals surface area contributed by atoms with Crippen molar-refractivity contribution in [3.8, 4) is 0 Å². The van der Waals surface area contributed by atoms with E-state index in [-0.39, 0.29) is 11.9 Å². The Morgan fingerprint density at radius 3 is 2.69 bits per heavy atom. The predicted octanol–water partition coefficient (Wildman–Crippen LogP) is 3.07. The van der Waals surface area contributed by atoms with Crippen LogP contribution in [0.1, 0.15) is 57.4 Å². The highest BCUT2D eigenvalue weighted by Gasteiger charge is 2.39. The standard InChI is InChI=1S/C20H28N4O2/c1-11(2)24(12(3)4)18-10-26-19-9-21-17(8-14(18)19)20(25)23-16-7-13-5-6-15(16)22-13/h8-13,15-16,22H,5-7H2,1-4H3,(H,23,25)/t13-,15+,16-/m1/s1. The third kappa shape index (κ3) is 2.96. The van der Waals surface area contributed by atoms with Crippen molar-refractivity contribution in [1.29, 1.82) is 0 Å². The monoisotopic (exact) mass is 356 g/mol. The smallest absolute Gasteiger partial charge is 0.270 e. The quantitative estimate of drug-likeness (QED) is 0.861. The van der Waals surface area contributed by atoms with Crippen LogP contribution in [0.4, 0.5) is 5.69 Å². The fraction of sp³-hybridized carbons (Fsp3) is 0.600. The van der Waals surface area contributed by atoms with Crippen molar-refractivity contribution in [2.75, 3.05) is 4.90 Å². The average Bonchev–Trinajstić information content (AvgIpc) is 3.29. The van der Waals surface area contributed by atoms with Crippen molar-refractivity contribution in [3.63, 3.8) is 0 Å². The van der Waals surface area contributed by atoms with E-state index in [0.29, 0.717) is 35.4 Å². The molecule has 2 saturated heterocycles. The number of carbonyl (C=O) groups is 1. The van der Waals surface area contributed by atoms with Gasteiger partial charge in [0, 0.05) is 35.6 Å². The van der Waals surface area contributed by atoms with Crippen molar-refractivity contribution >= 4 is 22.6 Å². The maximum atomic E-state index is 12.7. The van der Waals surface area contributed by atoms with E-state index >= 15 is 0 Å². The summed E-state index contributed by atoms with van der Waals surface area (Å²) in [5.74, 6) is -0.0981. The topological polar surface area (TPSA) is 70.4 Å². The van der Waals surface area contributed by atoms with Crippen molar-refractivity contribution in [2.24, 2.45) is 0 Å². The summed E-state index contributed by atoms with van der Waals surface area (Å²) in [6.07, 6.45) is 6.81. The molecule has 6 heteroatoms. The zero-order chi connectivity index (χ0) is 18.4. The second-order valence-electron chi connectivity index (χ2n) is 8.14. The Morgan fingerprint density at radius 2 is 2.08 bits per heavy atom. The molecule has 0 spiro atoms. The third-order valence-corrected chi connectivity index (χ3v) is 5.68. The molecule has 2 aliphatic heterocycles. The van der Waals surface area contributed by atoms with E-state index in [1.165, 1.54) is 6.42 Å². The summed E-state index contributed by atoms with van der Waals surface area (Å²) in [6.45, 7) is 8.65. The van der Waals surface area contributed by atoms with Crippen LogP contribution in [0, 0.1) is 0 Å². The maximum absolute atomic E-state index is 12.7. The number of aromatic nitrogens is 1. The molecule has 26 heavy (non-hydrogen) atoms. The fourth-order valence-corrected chi connectivity index (χ4v) is 4.62. The zero-order valence-electron chi connectivity index (χ0n) is 16.0. The highest BCUT2D eigenvalue weighted by molar-refractivity contribution is 5.99. The van der Waals surface area contributed by atoms with Crippen LogP contribution >= 0.6 is 0 Å². The predicted molar refractivity (Wildman–Crippen MR) is 103 cm³/mol. The van der Waals surface area contributed by atoms with Gasteiger partial charge in [0.2, 0.25) is 0 Å². The summed E-state index contributed by atoms with van der Waals surface area (Å²) in [5, 5.41) is 7.67. The van der Waals surface area contributed by atoms with Gasteiger partial charge in [-0.3, -0.25) is 4.79 Å². The molecule has 140 valence electrons. The van der Waals surface area contributed by atoms with Crippen molar-refractivity contribution < 1.29 is 9.21 Å². The summed E-state index contributed by atoms with van der Waals surface area (Å²) in [5.41, 5.74) is 2.18. The van der Waals surface area contributed by atoms with E-state index in [1.54, 1.807) is 12.5 Å². The fourth-order valence-electron chi connectivity index (χ4n) is 4.62. The molecule has 2 aromatic rings. The molecule has 0 unspecified atom stereocenters. The van der Waals surface area contributed by atoms with Crippen LogP contribution in [0.5, 0.6) is 0 Å². The summed E-state index contributed by atoms with van der Waals surface area (Å²) < 4.78 is 5.69. The van der Waals surface area contributed by atoms with Gasteiger partial charge in [0.05, 0.1) is 11.9 Å². The van der Waals surface area contributed by atoms with Crippen molar-refractivity contribution in [2.45, 2.75) is 77.2 Å². The normalized spacial score (nSPS) is 24.8. The van der Waals surface area contributed by atoms with Gasteiger partial charge in [-0.2, -0.15) is 0 Å². The number of amides is 1. The molecule has 2 N–H and O–H groups in total. The van der Waals surface area contributed by atoms with E-state index in [9.17, 15) is 4.79 Å². The first-order valence-corrected chi connectivity index (χ1v) is 9.66. The van der Waals surface area contributed by atoms with Gasteiger partial charge in [-0.15, -0.1) is 0 Å².